The molecule has 156 valence electrons. The van der Waals surface area contributed by atoms with E-state index in [4.69, 9.17) is 4.74 Å². The Kier molecular flexibility index (Phi) is 6.13. The number of amides is 1. The van der Waals surface area contributed by atoms with Crippen LogP contribution in [0.4, 0.5) is 0 Å². The van der Waals surface area contributed by atoms with Gasteiger partial charge in [-0.3, -0.25) is 9.78 Å². The minimum absolute atomic E-state index is 0.112. The third-order valence-corrected chi connectivity index (χ3v) is 5.17. The lowest BCUT2D eigenvalue weighted by molar-refractivity contribution is 0.0950. The fourth-order valence-electron chi connectivity index (χ4n) is 3.67. The Morgan fingerprint density at radius 1 is 1.00 bits per heavy atom. The van der Waals surface area contributed by atoms with E-state index in [2.05, 4.69) is 14.9 Å². The van der Waals surface area contributed by atoms with E-state index in [0.29, 0.717) is 18.7 Å². The average Bonchev–Trinajstić information content (AvgIpc) is 3.16. The van der Waals surface area contributed by atoms with Gasteiger partial charge in [0.05, 0.1) is 23.6 Å². The lowest BCUT2D eigenvalue weighted by atomic mass is 10.1. The van der Waals surface area contributed by atoms with Gasteiger partial charge < -0.3 is 14.6 Å². The molecule has 0 radical (unpaired) electrons. The van der Waals surface area contributed by atoms with Crippen LogP contribution >= 0.6 is 0 Å². The van der Waals surface area contributed by atoms with Gasteiger partial charge in [-0.25, -0.2) is 0 Å². The number of para-hydroxylation sites is 2. The second kappa shape index (κ2) is 9.30. The first-order chi connectivity index (χ1) is 15.2. The molecule has 1 amide bonds. The smallest absolute Gasteiger partial charge is 0.253 e. The molecule has 0 bridgehead atoms. The predicted molar refractivity (Wildman–Crippen MR) is 123 cm³/mol. The summed E-state index contributed by atoms with van der Waals surface area (Å²) in [5, 5.41) is 3.03. The van der Waals surface area contributed by atoms with E-state index in [9.17, 15) is 4.79 Å². The van der Waals surface area contributed by atoms with Gasteiger partial charge in [0.1, 0.15) is 5.75 Å². The Balaban J connectivity index is 1.77. The van der Waals surface area contributed by atoms with Crippen LogP contribution in [0.5, 0.6) is 5.75 Å². The number of hydrogen-bond donors (Lipinski definition) is 1. The van der Waals surface area contributed by atoms with Crippen molar-refractivity contribution >= 4 is 5.91 Å². The molecule has 5 heteroatoms. The number of nitrogens with one attached hydrogen (secondary N) is 1. The number of rotatable bonds is 7. The summed E-state index contributed by atoms with van der Waals surface area (Å²) in [7, 11) is 0. The van der Waals surface area contributed by atoms with E-state index in [-0.39, 0.29) is 5.91 Å². The van der Waals surface area contributed by atoms with Crippen molar-refractivity contribution in [3.8, 4) is 22.7 Å². The third kappa shape index (κ3) is 4.36. The van der Waals surface area contributed by atoms with Crippen molar-refractivity contribution in [2.75, 3.05) is 6.61 Å². The Hall–Kier alpha value is -3.86. The van der Waals surface area contributed by atoms with Gasteiger partial charge in [-0.1, -0.05) is 42.5 Å². The second-order valence-corrected chi connectivity index (χ2v) is 7.17. The Morgan fingerprint density at radius 3 is 2.45 bits per heavy atom. The lowest BCUT2D eigenvalue weighted by Gasteiger charge is -2.16. The molecule has 2 aromatic carbocycles. The molecular weight excluding hydrogens is 386 g/mol. The van der Waals surface area contributed by atoms with E-state index in [1.165, 1.54) is 0 Å². The highest BCUT2D eigenvalue weighted by atomic mass is 16.5. The summed E-state index contributed by atoms with van der Waals surface area (Å²) in [6.07, 6.45) is 3.45. The maximum absolute atomic E-state index is 13.1. The minimum atomic E-state index is -0.112. The van der Waals surface area contributed by atoms with Gasteiger partial charge in [-0.2, -0.15) is 0 Å². The first-order valence-electron chi connectivity index (χ1n) is 10.4. The Bertz CT molecular complexity index is 1170. The zero-order valence-corrected chi connectivity index (χ0v) is 17.7. The van der Waals surface area contributed by atoms with Crippen LogP contribution < -0.4 is 10.1 Å². The maximum atomic E-state index is 13.1. The summed E-state index contributed by atoms with van der Waals surface area (Å²) in [4.78, 5) is 17.1. The van der Waals surface area contributed by atoms with Crippen LogP contribution in [0.1, 0.15) is 28.5 Å². The van der Waals surface area contributed by atoms with Crippen LogP contribution in [0, 0.1) is 6.92 Å². The number of aromatic nitrogens is 2. The molecule has 4 rings (SSSR count). The molecule has 0 aliphatic carbocycles. The molecule has 0 unspecified atom stereocenters. The van der Waals surface area contributed by atoms with Crippen molar-refractivity contribution < 1.29 is 9.53 Å². The number of carbonyl (C=O) groups is 1. The number of nitrogens with zero attached hydrogens (tertiary/aromatic N) is 2. The molecule has 1 N–H and O–H groups in total. The third-order valence-electron chi connectivity index (χ3n) is 5.17. The summed E-state index contributed by atoms with van der Waals surface area (Å²) >= 11 is 0. The lowest BCUT2D eigenvalue weighted by Crippen LogP contribution is -2.23. The number of carbonyl (C=O) groups excluding carboxylic acids is 1. The van der Waals surface area contributed by atoms with Gasteiger partial charge in [-0.15, -0.1) is 0 Å². The van der Waals surface area contributed by atoms with Crippen LogP contribution in [0.2, 0.25) is 0 Å². The van der Waals surface area contributed by atoms with Crippen LogP contribution in [0.3, 0.4) is 0 Å². The SMILES string of the molecule is CCOc1ccccc1-n1c(-c2ccccc2)cc(C(=O)NCc2ccncc2)c1C. The second-order valence-electron chi connectivity index (χ2n) is 7.17. The molecule has 2 aromatic heterocycles. The van der Waals surface area contributed by atoms with Crippen molar-refractivity contribution in [3.63, 3.8) is 0 Å². The van der Waals surface area contributed by atoms with Crippen molar-refractivity contribution in [3.05, 3.63) is 102 Å². The first-order valence-corrected chi connectivity index (χ1v) is 10.4. The van der Waals surface area contributed by atoms with Crippen molar-refractivity contribution in [1.29, 1.82) is 0 Å². The molecule has 0 aliphatic heterocycles. The predicted octanol–water partition coefficient (Wildman–Crippen LogP) is 5.18. The Labute approximate surface area is 182 Å². The summed E-state index contributed by atoms with van der Waals surface area (Å²) in [5.41, 5.74) is 5.39. The summed E-state index contributed by atoms with van der Waals surface area (Å²) < 4.78 is 7.98. The minimum Gasteiger partial charge on any atom is -0.492 e. The van der Waals surface area contributed by atoms with Gasteiger partial charge in [0.25, 0.3) is 5.91 Å². The molecule has 0 aliphatic rings. The van der Waals surface area contributed by atoms with Gasteiger partial charge in [0, 0.05) is 24.6 Å². The fraction of sp³-hybridized carbons (Fsp3) is 0.154. The highest BCUT2D eigenvalue weighted by Crippen LogP contribution is 2.33. The molecule has 5 nitrogen and oxygen atoms in total. The number of benzene rings is 2. The van der Waals surface area contributed by atoms with Crippen LogP contribution in [0.25, 0.3) is 16.9 Å². The van der Waals surface area contributed by atoms with Crippen molar-refractivity contribution in [1.82, 2.24) is 14.9 Å². The van der Waals surface area contributed by atoms with Crippen molar-refractivity contribution in [2.24, 2.45) is 0 Å². The van der Waals surface area contributed by atoms with Crippen LogP contribution in [-0.4, -0.2) is 22.1 Å². The Morgan fingerprint density at radius 2 is 1.71 bits per heavy atom. The average molecular weight is 412 g/mol. The molecule has 0 atom stereocenters. The van der Waals surface area contributed by atoms with Gasteiger partial charge >= 0.3 is 0 Å². The van der Waals surface area contributed by atoms with E-state index >= 15 is 0 Å². The zero-order chi connectivity index (χ0) is 21.6. The van der Waals surface area contributed by atoms with Gasteiger partial charge in [0.2, 0.25) is 0 Å². The quantitative estimate of drug-likeness (QED) is 0.456. The molecule has 0 spiro atoms. The summed E-state index contributed by atoms with van der Waals surface area (Å²) in [6, 6.07) is 23.7. The highest BCUT2D eigenvalue weighted by molar-refractivity contribution is 5.97. The number of hydrogen-bond acceptors (Lipinski definition) is 3. The molecule has 31 heavy (non-hydrogen) atoms. The number of ether oxygens (including phenoxy) is 1. The van der Waals surface area contributed by atoms with Crippen molar-refractivity contribution in [2.45, 2.75) is 20.4 Å². The molecule has 0 saturated heterocycles. The number of pyridine rings is 1. The molecule has 0 fully saturated rings. The molecule has 0 saturated carbocycles. The zero-order valence-electron chi connectivity index (χ0n) is 17.7. The monoisotopic (exact) mass is 411 g/mol. The summed E-state index contributed by atoms with van der Waals surface area (Å²) in [6.45, 7) is 4.95. The first kappa shape index (κ1) is 20.4. The standard InChI is InChI=1S/C26H25N3O2/c1-3-31-25-12-8-7-11-23(25)29-19(2)22(17-24(29)21-9-5-4-6-10-21)26(30)28-18-20-13-15-27-16-14-20/h4-17H,3,18H2,1-2H3,(H,28,30). The van der Waals surface area contributed by atoms with Gasteiger partial charge in [0.15, 0.2) is 0 Å². The highest BCUT2D eigenvalue weighted by Gasteiger charge is 2.21. The topological polar surface area (TPSA) is 56.1 Å². The van der Waals surface area contributed by atoms with E-state index in [1.807, 2.05) is 86.6 Å². The van der Waals surface area contributed by atoms with Crippen LogP contribution in [0.15, 0.2) is 85.2 Å². The summed E-state index contributed by atoms with van der Waals surface area (Å²) in [5.74, 6) is 0.670. The normalized spacial score (nSPS) is 10.6. The fourth-order valence-corrected chi connectivity index (χ4v) is 3.67. The van der Waals surface area contributed by atoms with E-state index in [0.717, 1.165) is 34.0 Å². The maximum Gasteiger partial charge on any atom is 0.253 e. The van der Waals surface area contributed by atoms with E-state index in [1.54, 1.807) is 12.4 Å². The molecule has 4 aromatic rings. The van der Waals surface area contributed by atoms with Gasteiger partial charge in [-0.05, 0) is 55.3 Å². The largest absolute Gasteiger partial charge is 0.492 e. The van der Waals surface area contributed by atoms with E-state index < -0.39 is 0 Å². The molecular formula is C26H25N3O2. The van der Waals surface area contributed by atoms with Crippen LogP contribution in [-0.2, 0) is 6.54 Å². The molecule has 2 heterocycles.